The van der Waals surface area contributed by atoms with E-state index in [0.717, 1.165) is 30.8 Å². The predicted molar refractivity (Wildman–Crippen MR) is 95.2 cm³/mol. The topological polar surface area (TPSA) is 47.3 Å². The molecule has 0 saturated heterocycles. The van der Waals surface area contributed by atoms with Gasteiger partial charge in [-0.05, 0) is 30.7 Å². The molecule has 3 aromatic rings. The van der Waals surface area contributed by atoms with Gasteiger partial charge in [0, 0.05) is 29.6 Å². The molecule has 0 unspecified atom stereocenters. The highest BCUT2D eigenvalue weighted by molar-refractivity contribution is 6.35. The second-order valence-corrected chi connectivity index (χ2v) is 6.24. The molecular formula is C19H16ClFN2O2. The van der Waals surface area contributed by atoms with E-state index in [4.69, 9.17) is 20.8 Å². The second-order valence-electron chi connectivity index (χ2n) is 5.83. The van der Waals surface area contributed by atoms with E-state index in [-0.39, 0.29) is 6.61 Å². The summed E-state index contributed by atoms with van der Waals surface area (Å²) in [4.78, 5) is 4.57. The van der Waals surface area contributed by atoms with Gasteiger partial charge in [0.2, 0.25) is 5.88 Å². The molecule has 0 aliphatic carbocycles. The van der Waals surface area contributed by atoms with Gasteiger partial charge in [0.05, 0.1) is 10.7 Å². The number of hydrogen-bond acceptors (Lipinski definition) is 4. The van der Waals surface area contributed by atoms with Crippen molar-refractivity contribution in [1.82, 2.24) is 10.3 Å². The lowest BCUT2D eigenvalue weighted by Gasteiger charge is -2.14. The summed E-state index contributed by atoms with van der Waals surface area (Å²) in [5, 5.41) is 4.27. The number of ether oxygens (including phenoxy) is 1. The Morgan fingerprint density at radius 1 is 1.28 bits per heavy atom. The molecule has 0 bridgehead atoms. The maximum atomic E-state index is 13.4. The van der Waals surface area contributed by atoms with Crippen LogP contribution in [0.3, 0.4) is 0 Å². The first-order valence-electron chi connectivity index (χ1n) is 8.07. The smallest absolute Gasteiger partial charge is 0.278 e. The molecule has 128 valence electrons. The fourth-order valence-corrected chi connectivity index (χ4v) is 3.11. The van der Waals surface area contributed by atoms with Crippen molar-refractivity contribution in [2.75, 3.05) is 13.1 Å². The number of rotatable bonds is 4. The Labute approximate surface area is 149 Å². The van der Waals surface area contributed by atoms with Gasteiger partial charge < -0.3 is 14.5 Å². The van der Waals surface area contributed by atoms with Gasteiger partial charge >= 0.3 is 0 Å². The van der Waals surface area contributed by atoms with Gasteiger partial charge in [-0.1, -0.05) is 29.8 Å². The van der Waals surface area contributed by atoms with Crippen molar-refractivity contribution in [3.8, 4) is 5.88 Å². The number of pyridine rings is 1. The second kappa shape index (κ2) is 6.86. The lowest BCUT2D eigenvalue weighted by Crippen LogP contribution is -2.20. The Morgan fingerprint density at radius 3 is 3.04 bits per heavy atom. The lowest BCUT2D eigenvalue weighted by atomic mass is 10.1. The highest BCUT2D eigenvalue weighted by atomic mass is 35.5. The van der Waals surface area contributed by atoms with Crippen LogP contribution in [0.5, 0.6) is 5.88 Å². The largest absolute Gasteiger partial charge is 0.473 e. The van der Waals surface area contributed by atoms with Gasteiger partial charge in [0.1, 0.15) is 12.2 Å². The van der Waals surface area contributed by atoms with Crippen molar-refractivity contribution in [1.29, 1.82) is 0 Å². The summed E-state index contributed by atoms with van der Waals surface area (Å²) in [6.45, 7) is 2.03. The van der Waals surface area contributed by atoms with Crippen LogP contribution in [0.25, 0.3) is 16.5 Å². The predicted octanol–water partition coefficient (Wildman–Crippen LogP) is 4.58. The first-order chi connectivity index (χ1) is 12.2. The molecule has 0 fully saturated rings. The fourth-order valence-electron chi connectivity index (χ4n) is 2.91. The van der Waals surface area contributed by atoms with Crippen molar-refractivity contribution in [3.05, 3.63) is 64.8 Å². The summed E-state index contributed by atoms with van der Waals surface area (Å²) in [7, 11) is 0. The van der Waals surface area contributed by atoms with Crippen LogP contribution in [0.1, 0.15) is 17.7 Å². The molecule has 0 atom stereocenters. The normalized spacial score (nSPS) is 14.6. The number of aromatic nitrogens is 1. The number of benzene rings is 1. The van der Waals surface area contributed by atoms with Gasteiger partial charge in [-0.2, -0.15) is 4.39 Å². The molecule has 0 radical (unpaired) electrons. The minimum Gasteiger partial charge on any atom is -0.473 e. The Balaban J connectivity index is 1.56. The first kappa shape index (κ1) is 16.1. The molecule has 6 heteroatoms. The van der Waals surface area contributed by atoms with Crippen LogP contribution in [-0.2, 0) is 6.61 Å². The van der Waals surface area contributed by atoms with E-state index in [1.165, 1.54) is 11.6 Å². The molecule has 0 amide bonds. The van der Waals surface area contributed by atoms with Gasteiger partial charge in [-0.3, -0.25) is 0 Å². The van der Waals surface area contributed by atoms with Crippen molar-refractivity contribution in [2.45, 2.75) is 13.0 Å². The van der Waals surface area contributed by atoms with Crippen LogP contribution in [0.4, 0.5) is 4.39 Å². The van der Waals surface area contributed by atoms with Crippen molar-refractivity contribution >= 4 is 28.1 Å². The maximum Gasteiger partial charge on any atom is 0.278 e. The molecule has 1 N–H and O–H groups in total. The number of fused-ring (bicyclic) bond motifs is 1. The lowest BCUT2D eigenvalue weighted by molar-refractivity contribution is 0.291. The molecular weight excluding hydrogens is 343 g/mol. The van der Waals surface area contributed by atoms with Gasteiger partial charge in [0.25, 0.3) is 6.01 Å². The van der Waals surface area contributed by atoms with Crippen molar-refractivity contribution in [2.24, 2.45) is 0 Å². The van der Waals surface area contributed by atoms with Crippen molar-refractivity contribution in [3.63, 3.8) is 0 Å². The van der Waals surface area contributed by atoms with Crippen molar-refractivity contribution < 1.29 is 13.5 Å². The Morgan fingerprint density at radius 2 is 2.20 bits per heavy atom. The van der Waals surface area contributed by atoms with Gasteiger partial charge in [-0.15, -0.1) is 0 Å². The summed E-state index contributed by atoms with van der Waals surface area (Å²) in [5.74, 6) is 0.520. The third kappa shape index (κ3) is 3.38. The summed E-state index contributed by atoms with van der Waals surface area (Å²) in [5.41, 5.74) is 3.26. The number of nitrogens with one attached hydrogen (secondary N) is 1. The first-order valence-corrected chi connectivity index (χ1v) is 8.45. The van der Waals surface area contributed by atoms with Crippen LogP contribution >= 0.6 is 11.6 Å². The standard InChI is InChI=1S/C19H16ClFN2O2/c20-15-5-4-13(19-14(15)10-17(21)25-19)11-24-18-3-1-2-16(23-18)12-6-8-22-9-7-12/h1-6,10,22H,7-9,11H2. The molecule has 4 rings (SSSR count). The molecule has 2 aromatic heterocycles. The molecule has 3 heterocycles. The number of furan rings is 1. The zero-order chi connectivity index (χ0) is 17.2. The van der Waals surface area contributed by atoms with Crippen LogP contribution in [0.15, 0.2) is 46.9 Å². The van der Waals surface area contributed by atoms with E-state index in [0.29, 0.717) is 21.9 Å². The Hall–Kier alpha value is -2.37. The number of hydrogen-bond donors (Lipinski definition) is 1. The summed E-state index contributed by atoms with van der Waals surface area (Å²) < 4.78 is 24.3. The Bertz CT molecular complexity index is 952. The maximum absolute atomic E-state index is 13.4. The van der Waals surface area contributed by atoms with Gasteiger partial charge in [-0.25, -0.2) is 4.98 Å². The number of halogens is 2. The third-order valence-electron chi connectivity index (χ3n) is 4.17. The summed E-state index contributed by atoms with van der Waals surface area (Å²) in [6, 6.07) is 9.80. The fraction of sp³-hybridized carbons (Fsp3) is 0.211. The van der Waals surface area contributed by atoms with Crippen LogP contribution in [0, 0.1) is 6.01 Å². The monoisotopic (exact) mass is 358 g/mol. The van der Waals surface area contributed by atoms with E-state index in [9.17, 15) is 4.39 Å². The zero-order valence-corrected chi connectivity index (χ0v) is 14.1. The average molecular weight is 359 g/mol. The molecule has 1 aliphatic heterocycles. The Kier molecular flexibility index (Phi) is 4.42. The van der Waals surface area contributed by atoms with E-state index < -0.39 is 6.01 Å². The van der Waals surface area contributed by atoms with Crippen LogP contribution in [0.2, 0.25) is 5.02 Å². The van der Waals surface area contributed by atoms with Gasteiger partial charge in [0.15, 0.2) is 0 Å². The molecule has 4 nitrogen and oxygen atoms in total. The minimum atomic E-state index is -0.665. The zero-order valence-electron chi connectivity index (χ0n) is 13.4. The van der Waals surface area contributed by atoms with E-state index in [1.54, 1.807) is 18.2 Å². The molecule has 1 aromatic carbocycles. The third-order valence-corrected chi connectivity index (χ3v) is 4.50. The minimum absolute atomic E-state index is 0.220. The number of nitrogens with zero attached hydrogens (tertiary/aromatic N) is 1. The average Bonchev–Trinajstić information content (AvgIpc) is 3.05. The molecule has 1 aliphatic rings. The summed E-state index contributed by atoms with van der Waals surface area (Å²) >= 11 is 6.08. The van der Waals surface area contributed by atoms with E-state index >= 15 is 0 Å². The van der Waals surface area contributed by atoms with Crippen LogP contribution in [-0.4, -0.2) is 18.1 Å². The molecule has 0 saturated carbocycles. The molecule has 25 heavy (non-hydrogen) atoms. The van der Waals surface area contributed by atoms with Crippen LogP contribution < -0.4 is 10.1 Å². The quantitative estimate of drug-likeness (QED) is 0.741. The van der Waals surface area contributed by atoms with E-state index in [1.807, 2.05) is 12.1 Å². The highest BCUT2D eigenvalue weighted by Crippen LogP contribution is 2.30. The molecule has 0 spiro atoms. The SMILES string of the molecule is Fc1cc2c(Cl)ccc(COc3cccc(C4=CCNCC4)n3)c2o1. The highest BCUT2D eigenvalue weighted by Gasteiger charge is 2.13. The van der Waals surface area contributed by atoms with E-state index in [2.05, 4.69) is 16.4 Å². The summed E-state index contributed by atoms with van der Waals surface area (Å²) in [6.07, 6.45) is 3.09.